The molecule has 1 aromatic rings. The highest BCUT2D eigenvalue weighted by Crippen LogP contribution is 2.21. The molecule has 0 saturated carbocycles. The third-order valence-electron chi connectivity index (χ3n) is 2.05. The van der Waals surface area contributed by atoms with Crippen molar-refractivity contribution in [2.24, 2.45) is 0 Å². The van der Waals surface area contributed by atoms with Crippen LogP contribution >= 0.6 is 11.6 Å². The molecule has 0 aliphatic heterocycles. The molecule has 14 heavy (non-hydrogen) atoms. The van der Waals surface area contributed by atoms with Gasteiger partial charge >= 0.3 is 0 Å². The summed E-state index contributed by atoms with van der Waals surface area (Å²) in [6.45, 7) is 4.61. The van der Waals surface area contributed by atoms with Gasteiger partial charge in [0.15, 0.2) is 0 Å². The van der Waals surface area contributed by atoms with Crippen LogP contribution in [0.15, 0.2) is 24.3 Å². The molecule has 2 heteroatoms. The summed E-state index contributed by atoms with van der Waals surface area (Å²) in [6.07, 6.45) is 0. The third-order valence-corrected chi connectivity index (χ3v) is 2.39. The Kier molecular flexibility index (Phi) is 4.52. The van der Waals surface area contributed by atoms with Gasteiger partial charge in [-0.25, -0.2) is 0 Å². The lowest BCUT2D eigenvalue weighted by atomic mass is 10.1. The van der Waals surface area contributed by atoms with Crippen LogP contribution < -0.4 is 5.32 Å². The Labute approximate surface area is 90.5 Å². The molecular weight excluding hydrogens is 194 g/mol. The summed E-state index contributed by atoms with van der Waals surface area (Å²) in [7, 11) is 0. The standard InChI is InChI=1S/C12H14ClN/c1-3-4-9-14-10(2)11-7-5-6-8-12(11)13/h5-8,10,14H,9H2,1-2H3/t10-/m0/s1. The molecule has 0 unspecified atom stereocenters. The summed E-state index contributed by atoms with van der Waals surface area (Å²) >= 11 is 6.06. The summed E-state index contributed by atoms with van der Waals surface area (Å²) in [5.74, 6) is 5.81. The van der Waals surface area contributed by atoms with Crippen molar-refractivity contribution in [2.75, 3.05) is 6.54 Å². The molecule has 1 atom stereocenters. The SMILES string of the molecule is CC#CCN[C@@H](C)c1ccccc1Cl. The minimum Gasteiger partial charge on any atom is -0.300 e. The molecule has 0 amide bonds. The molecule has 0 aliphatic carbocycles. The number of nitrogens with one attached hydrogen (secondary N) is 1. The Morgan fingerprint density at radius 2 is 2.14 bits per heavy atom. The highest BCUT2D eigenvalue weighted by molar-refractivity contribution is 6.31. The maximum atomic E-state index is 6.06. The van der Waals surface area contributed by atoms with Crippen LogP contribution in [0, 0.1) is 11.8 Å². The smallest absolute Gasteiger partial charge is 0.0581 e. The topological polar surface area (TPSA) is 12.0 Å². The van der Waals surface area contributed by atoms with Crippen molar-refractivity contribution in [3.63, 3.8) is 0 Å². The van der Waals surface area contributed by atoms with Gasteiger partial charge in [0.25, 0.3) is 0 Å². The fraction of sp³-hybridized carbons (Fsp3) is 0.333. The Morgan fingerprint density at radius 3 is 2.79 bits per heavy atom. The lowest BCUT2D eigenvalue weighted by Gasteiger charge is -2.13. The lowest BCUT2D eigenvalue weighted by Crippen LogP contribution is -2.18. The van der Waals surface area contributed by atoms with E-state index in [9.17, 15) is 0 Å². The summed E-state index contributed by atoms with van der Waals surface area (Å²) < 4.78 is 0. The Bertz CT molecular complexity index is 349. The van der Waals surface area contributed by atoms with E-state index in [1.54, 1.807) is 0 Å². The lowest BCUT2D eigenvalue weighted by molar-refractivity contribution is 0.623. The van der Waals surface area contributed by atoms with Crippen LogP contribution in [-0.4, -0.2) is 6.54 Å². The fourth-order valence-electron chi connectivity index (χ4n) is 1.23. The first kappa shape index (κ1) is 11.1. The molecule has 0 radical (unpaired) electrons. The van der Waals surface area contributed by atoms with E-state index >= 15 is 0 Å². The summed E-state index contributed by atoms with van der Waals surface area (Å²) in [5.41, 5.74) is 1.12. The molecule has 0 aromatic heterocycles. The van der Waals surface area contributed by atoms with Crippen molar-refractivity contribution in [3.8, 4) is 11.8 Å². The van der Waals surface area contributed by atoms with E-state index in [0.29, 0.717) is 6.54 Å². The fourth-order valence-corrected chi connectivity index (χ4v) is 1.53. The second-order valence-electron chi connectivity index (χ2n) is 3.05. The van der Waals surface area contributed by atoms with Crippen molar-refractivity contribution in [1.29, 1.82) is 0 Å². The van der Waals surface area contributed by atoms with Crippen molar-refractivity contribution in [2.45, 2.75) is 19.9 Å². The summed E-state index contributed by atoms with van der Waals surface area (Å²) in [4.78, 5) is 0. The Morgan fingerprint density at radius 1 is 1.43 bits per heavy atom. The van der Waals surface area contributed by atoms with Gasteiger partial charge in [0.2, 0.25) is 0 Å². The maximum Gasteiger partial charge on any atom is 0.0581 e. The molecule has 1 rings (SSSR count). The molecule has 0 spiro atoms. The van der Waals surface area contributed by atoms with Crippen LogP contribution in [0.1, 0.15) is 25.5 Å². The van der Waals surface area contributed by atoms with E-state index in [0.717, 1.165) is 10.6 Å². The van der Waals surface area contributed by atoms with Gasteiger partial charge in [0.1, 0.15) is 0 Å². The zero-order chi connectivity index (χ0) is 10.4. The van der Waals surface area contributed by atoms with Gasteiger partial charge in [0, 0.05) is 11.1 Å². The van der Waals surface area contributed by atoms with Gasteiger partial charge < -0.3 is 0 Å². The van der Waals surface area contributed by atoms with Gasteiger partial charge in [0.05, 0.1) is 6.54 Å². The zero-order valence-electron chi connectivity index (χ0n) is 8.47. The summed E-state index contributed by atoms with van der Waals surface area (Å²) in [5, 5.41) is 4.09. The first-order chi connectivity index (χ1) is 6.75. The number of hydrogen-bond donors (Lipinski definition) is 1. The van der Waals surface area contributed by atoms with E-state index in [2.05, 4.69) is 24.1 Å². The average Bonchev–Trinajstić information content (AvgIpc) is 2.18. The van der Waals surface area contributed by atoms with E-state index in [-0.39, 0.29) is 6.04 Å². The normalized spacial score (nSPS) is 11.6. The van der Waals surface area contributed by atoms with Gasteiger partial charge in [-0.15, -0.1) is 5.92 Å². The van der Waals surface area contributed by atoms with Crippen LogP contribution in [0.4, 0.5) is 0 Å². The van der Waals surface area contributed by atoms with Crippen molar-refractivity contribution in [3.05, 3.63) is 34.9 Å². The van der Waals surface area contributed by atoms with Gasteiger partial charge in [-0.3, -0.25) is 5.32 Å². The molecule has 0 aliphatic rings. The molecular formula is C12H14ClN. The molecule has 0 fully saturated rings. The van der Waals surface area contributed by atoms with E-state index in [1.165, 1.54) is 0 Å². The van der Waals surface area contributed by atoms with E-state index < -0.39 is 0 Å². The quantitative estimate of drug-likeness (QED) is 0.752. The Balaban J connectivity index is 2.63. The zero-order valence-corrected chi connectivity index (χ0v) is 9.23. The first-order valence-electron chi connectivity index (χ1n) is 4.63. The molecule has 1 nitrogen and oxygen atoms in total. The van der Waals surface area contributed by atoms with Gasteiger partial charge in [-0.1, -0.05) is 35.7 Å². The number of hydrogen-bond acceptors (Lipinski definition) is 1. The highest BCUT2D eigenvalue weighted by Gasteiger charge is 2.06. The van der Waals surface area contributed by atoms with Gasteiger partial charge in [-0.05, 0) is 25.5 Å². The first-order valence-corrected chi connectivity index (χ1v) is 5.01. The number of rotatable bonds is 3. The highest BCUT2D eigenvalue weighted by atomic mass is 35.5. The minimum atomic E-state index is 0.240. The summed E-state index contributed by atoms with van der Waals surface area (Å²) in [6, 6.07) is 8.10. The third kappa shape index (κ3) is 3.06. The van der Waals surface area contributed by atoms with E-state index in [4.69, 9.17) is 11.6 Å². The van der Waals surface area contributed by atoms with Crippen LogP contribution in [0.5, 0.6) is 0 Å². The predicted molar refractivity (Wildman–Crippen MR) is 61.3 cm³/mol. The second kappa shape index (κ2) is 5.70. The minimum absolute atomic E-state index is 0.240. The maximum absolute atomic E-state index is 6.06. The molecule has 1 aromatic carbocycles. The van der Waals surface area contributed by atoms with Crippen molar-refractivity contribution < 1.29 is 0 Å². The van der Waals surface area contributed by atoms with Crippen LogP contribution in [-0.2, 0) is 0 Å². The van der Waals surface area contributed by atoms with Gasteiger partial charge in [-0.2, -0.15) is 0 Å². The monoisotopic (exact) mass is 207 g/mol. The van der Waals surface area contributed by atoms with Crippen LogP contribution in [0.3, 0.4) is 0 Å². The van der Waals surface area contributed by atoms with Crippen molar-refractivity contribution in [1.82, 2.24) is 5.32 Å². The largest absolute Gasteiger partial charge is 0.300 e. The number of benzene rings is 1. The molecule has 74 valence electrons. The van der Waals surface area contributed by atoms with Crippen molar-refractivity contribution >= 4 is 11.6 Å². The molecule has 0 saturated heterocycles. The van der Waals surface area contributed by atoms with Crippen LogP contribution in [0.25, 0.3) is 0 Å². The number of halogens is 1. The molecule has 1 N–H and O–H groups in total. The van der Waals surface area contributed by atoms with E-state index in [1.807, 2.05) is 31.2 Å². The Hall–Kier alpha value is -0.970. The predicted octanol–water partition coefficient (Wildman–Crippen LogP) is 3.01. The average molecular weight is 208 g/mol. The second-order valence-corrected chi connectivity index (χ2v) is 3.46. The van der Waals surface area contributed by atoms with Crippen LogP contribution in [0.2, 0.25) is 5.02 Å². The molecule has 0 bridgehead atoms. The molecule has 0 heterocycles.